The fourth-order valence-corrected chi connectivity index (χ4v) is 3.79. The van der Waals surface area contributed by atoms with Crippen molar-refractivity contribution in [2.24, 2.45) is 5.92 Å². The van der Waals surface area contributed by atoms with Gasteiger partial charge in [-0.25, -0.2) is 4.98 Å². The van der Waals surface area contributed by atoms with Crippen LogP contribution in [0.1, 0.15) is 25.1 Å². The van der Waals surface area contributed by atoms with Crippen molar-refractivity contribution in [3.8, 4) is 17.0 Å². The molecule has 1 aliphatic heterocycles. The molecule has 142 valence electrons. The first-order chi connectivity index (χ1) is 12.9. The molecule has 0 spiro atoms. The fraction of sp³-hybridized carbons (Fsp3) is 0.350. The lowest BCUT2D eigenvalue weighted by atomic mass is 10.1. The summed E-state index contributed by atoms with van der Waals surface area (Å²) < 4.78 is 5.53. The first-order valence-electron chi connectivity index (χ1n) is 8.84. The summed E-state index contributed by atoms with van der Waals surface area (Å²) in [5, 5.41) is 3.45. The molecule has 1 aromatic carbocycles. The number of thiazole rings is 1. The van der Waals surface area contributed by atoms with E-state index in [1.54, 1.807) is 11.0 Å². The van der Waals surface area contributed by atoms with Gasteiger partial charge in [-0.05, 0) is 31.0 Å². The molecule has 1 aliphatic rings. The summed E-state index contributed by atoms with van der Waals surface area (Å²) in [4.78, 5) is 31.4. The van der Waals surface area contributed by atoms with Gasteiger partial charge in [-0.2, -0.15) is 0 Å². The molecule has 0 atom stereocenters. The topological polar surface area (TPSA) is 71.5 Å². The van der Waals surface area contributed by atoms with E-state index in [9.17, 15) is 9.59 Å². The van der Waals surface area contributed by atoms with Gasteiger partial charge >= 0.3 is 0 Å². The molecule has 0 unspecified atom stereocenters. The van der Waals surface area contributed by atoms with Crippen LogP contribution in [0.2, 0.25) is 0 Å². The Morgan fingerprint density at radius 2 is 2.26 bits per heavy atom. The molecule has 0 saturated heterocycles. The molecule has 3 rings (SSSR count). The van der Waals surface area contributed by atoms with Gasteiger partial charge in [0.05, 0.1) is 11.4 Å². The molecule has 2 aromatic rings. The summed E-state index contributed by atoms with van der Waals surface area (Å²) in [6.45, 7) is 10.1. The number of nitrogens with zero attached hydrogens (tertiary/aromatic N) is 2. The zero-order chi connectivity index (χ0) is 19.6. The largest absolute Gasteiger partial charge is 0.482 e. The Kier molecular flexibility index (Phi) is 5.60. The third-order valence-electron chi connectivity index (χ3n) is 4.12. The second kappa shape index (κ2) is 7.92. The van der Waals surface area contributed by atoms with Crippen molar-refractivity contribution in [3.63, 3.8) is 0 Å². The lowest BCUT2D eigenvalue weighted by Crippen LogP contribution is -2.38. The van der Waals surface area contributed by atoms with Crippen molar-refractivity contribution in [2.75, 3.05) is 23.4 Å². The highest BCUT2D eigenvalue weighted by Crippen LogP contribution is 2.38. The number of rotatable bonds is 6. The molecule has 0 fully saturated rings. The van der Waals surface area contributed by atoms with Crippen LogP contribution in [-0.4, -0.2) is 29.9 Å². The maximum atomic E-state index is 12.2. The highest BCUT2D eigenvalue weighted by atomic mass is 32.1. The number of carbonyl (C=O) groups is 2. The van der Waals surface area contributed by atoms with Gasteiger partial charge in [-0.15, -0.1) is 17.9 Å². The summed E-state index contributed by atoms with van der Waals surface area (Å²) >= 11 is 1.44. The summed E-state index contributed by atoms with van der Waals surface area (Å²) in [6.07, 6.45) is 2.15. The van der Waals surface area contributed by atoms with Crippen LogP contribution >= 0.6 is 11.3 Å². The molecular formula is C20H23N3O3S. The molecule has 6 nitrogen and oxygen atoms in total. The van der Waals surface area contributed by atoms with Gasteiger partial charge in [0.1, 0.15) is 5.75 Å². The van der Waals surface area contributed by atoms with Crippen molar-refractivity contribution in [1.82, 2.24) is 4.98 Å². The number of hydrogen-bond donors (Lipinski definition) is 1. The minimum atomic E-state index is -0.101. The van der Waals surface area contributed by atoms with Crippen molar-refractivity contribution in [2.45, 2.75) is 27.2 Å². The van der Waals surface area contributed by atoms with E-state index in [2.05, 4.69) is 16.9 Å². The van der Waals surface area contributed by atoms with Crippen molar-refractivity contribution in [1.29, 1.82) is 0 Å². The maximum Gasteiger partial charge on any atom is 0.265 e. The van der Waals surface area contributed by atoms with Crippen molar-refractivity contribution in [3.05, 3.63) is 35.7 Å². The van der Waals surface area contributed by atoms with Crippen LogP contribution < -0.4 is 15.0 Å². The number of benzene rings is 1. The highest BCUT2D eigenvalue weighted by Gasteiger charge is 2.25. The smallest absolute Gasteiger partial charge is 0.265 e. The highest BCUT2D eigenvalue weighted by molar-refractivity contribution is 7.16. The molecule has 1 N–H and O–H groups in total. The SMILES string of the molecule is C=CCN1C(=O)COc2ccc(-c3nc(NC(=O)CC(C)C)sc3C)cc21. The van der Waals surface area contributed by atoms with Gasteiger partial charge < -0.3 is 15.0 Å². The summed E-state index contributed by atoms with van der Waals surface area (Å²) in [5.41, 5.74) is 2.37. The molecule has 0 saturated carbocycles. The van der Waals surface area contributed by atoms with Crippen LogP contribution in [0.25, 0.3) is 11.3 Å². The predicted octanol–water partition coefficient (Wildman–Crippen LogP) is 4.01. The maximum absolute atomic E-state index is 12.2. The van der Waals surface area contributed by atoms with Crippen LogP contribution in [0.15, 0.2) is 30.9 Å². The van der Waals surface area contributed by atoms with E-state index in [1.165, 1.54) is 11.3 Å². The number of fused-ring (bicyclic) bond motifs is 1. The van der Waals surface area contributed by atoms with E-state index < -0.39 is 0 Å². The van der Waals surface area contributed by atoms with Crippen molar-refractivity contribution < 1.29 is 14.3 Å². The Morgan fingerprint density at radius 1 is 1.48 bits per heavy atom. The normalized spacial score (nSPS) is 13.3. The van der Waals surface area contributed by atoms with Crippen LogP contribution in [0.3, 0.4) is 0 Å². The number of anilines is 2. The average Bonchev–Trinajstić information content (AvgIpc) is 2.96. The number of nitrogens with one attached hydrogen (secondary N) is 1. The number of amides is 2. The standard InChI is InChI=1S/C20H23N3O3S/c1-5-8-23-15-10-14(6-7-16(15)26-11-18(23)25)19-13(4)27-20(22-19)21-17(24)9-12(2)3/h5-7,10,12H,1,8-9,11H2,2-4H3,(H,21,22,24). The van der Waals surface area contributed by atoms with Crippen molar-refractivity contribution >= 4 is 34.0 Å². The van der Waals surface area contributed by atoms with E-state index in [-0.39, 0.29) is 18.4 Å². The second-order valence-electron chi connectivity index (χ2n) is 6.83. The average molecular weight is 385 g/mol. The number of carbonyl (C=O) groups excluding carboxylic acids is 2. The summed E-state index contributed by atoms with van der Waals surface area (Å²) in [7, 11) is 0. The fourth-order valence-electron chi connectivity index (χ4n) is 2.94. The van der Waals surface area contributed by atoms with Gasteiger partial charge in [-0.3, -0.25) is 9.59 Å². The quantitative estimate of drug-likeness (QED) is 0.763. The first kappa shape index (κ1) is 19.1. The van der Waals surface area contributed by atoms with Gasteiger partial charge in [0, 0.05) is 23.4 Å². The monoisotopic (exact) mass is 385 g/mol. The predicted molar refractivity (Wildman–Crippen MR) is 108 cm³/mol. The van der Waals surface area contributed by atoms with Gasteiger partial charge in [0.25, 0.3) is 5.91 Å². The Labute approximate surface area is 162 Å². The Balaban J connectivity index is 1.90. The molecular weight excluding hydrogens is 362 g/mol. The number of aromatic nitrogens is 1. The van der Waals surface area contributed by atoms with Gasteiger partial charge in [0.15, 0.2) is 11.7 Å². The molecule has 27 heavy (non-hydrogen) atoms. The molecule has 0 bridgehead atoms. The number of aryl methyl sites for hydroxylation is 1. The van der Waals surface area contributed by atoms with Gasteiger partial charge in [0.2, 0.25) is 5.91 Å². The third kappa shape index (κ3) is 4.19. The Bertz CT molecular complexity index is 889. The van der Waals surface area contributed by atoms with E-state index in [0.717, 1.165) is 16.1 Å². The molecule has 0 aliphatic carbocycles. The molecule has 1 aromatic heterocycles. The minimum absolute atomic E-state index is 0.0297. The second-order valence-corrected chi connectivity index (χ2v) is 8.04. The Morgan fingerprint density at radius 3 is 2.96 bits per heavy atom. The Hall–Kier alpha value is -2.67. The van der Waals surface area contributed by atoms with Crippen LogP contribution in [-0.2, 0) is 9.59 Å². The zero-order valence-corrected chi connectivity index (χ0v) is 16.6. The number of hydrogen-bond acceptors (Lipinski definition) is 5. The molecule has 2 heterocycles. The summed E-state index contributed by atoms with van der Waals surface area (Å²) in [6, 6.07) is 5.67. The van der Waals surface area contributed by atoms with E-state index in [0.29, 0.717) is 35.5 Å². The molecule has 0 radical (unpaired) electrons. The van der Waals surface area contributed by atoms with Crippen LogP contribution in [0.4, 0.5) is 10.8 Å². The third-order valence-corrected chi connectivity index (χ3v) is 5.01. The van der Waals surface area contributed by atoms with E-state index in [1.807, 2.05) is 39.0 Å². The zero-order valence-electron chi connectivity index (χ0n) is 15.7. The van der Waals surface area contributed by atoms with E-state index >= 15 is 0 Å². The first-order valence-corrected chi connectivity index (χ1v) is 9.66. The van der Waals surface area contributed by atoms with Crippen LogP contribution in [0, 0.1) is 12.8 Å². The number of ether oxygens (including phenoxy) is 1. The molecule has 7 heteroatoms. The van der Waals surface area contributed by atoms with E-state index in [4.69, 9.17) is 4.74 Å². The lowest BCUT2D eigenvalue weighted by Gasteiger charge is -2.28. The lowest BCUT2D eigenvalue weighted by molar-refractivity contribution is -0.121. The minimum Gasteiger partial charge on any atom is -0.482 e. The summed E-state index contributed by atoms with van der Waals surface area (Å²) in [5.74, 6) is 0.821. The molecule has 2 amide bonds. The van der Waals surface area contributed by atoms with Crippen LogP contribution in [0.5, 0.6) is 5.75 Å². The van der Waals surface area contributed by atoms with Gasteiger partial charge in [-0.1, -0.05) is 19.9 Å².